The quantitative estimate of drug-likeness (QED) is 0.915. The molecule has 0 spiro atoms. The van der Waals surface area contributed by atoms with Crippen LogP contribution in [0.5, 0.6) is 0 Å². The lowest BCUT2D eigenvalue weighted by Crippen LogP contribution is -2.33. The summed E-state index contributed by atoms with van der Waals surface area (Å²) in [6, 6.07) is 6.00. The smallest absolute Gasteiger partial charge is 0.345 e. The summed E-state index contributed by atoms with van der Waals surface area (Å²) in [5.41, 5.74) is 3.16. The van der Waals surface area contributed by atoms with Gasteiger partial charge in [-0.05, 0) is 37.5 Å². The van der Waals surface area contributed by atoms with Crippen molar-refractivity contribution in [2.24, 2.45) is 7.05 Å². The highest BCUT2D eigenvalue weighted by Gasteiger charge is 2.12. The Morgan fingerprint density at radius 2 is 2.05 bits per heavy atom. The summed E-state index contributed by atoms with van der Waals surface area (Å²) in [4.78, 5) is 23.6. The maximum atomic E-state index is 12.0. The van der Waals surface area contributed by atoms with Crippen molar-refractivity contribution in [3.8, 4) is 0 Å². The molecule has 0 aliphatic rings. The molecule has 1 atom stereocenters. The Labute approximate surface area is 123 Å². The summed E-state index contributed by atoms with van der Waals surface area (Å²) in [7, 11) is 1.55. The van der Waals surface area contributed by atoms with Gasteiger partial charge in [0.05, 0.1) is 6.04 Å². The van der Waals surface area contributed by atoms with Crippen LogP contribution < -0.4 is 11.0 Å². The Balaban J connectivity index is 2.03. The number of carbonyl (C=O) groups is 1. The standard InChI is InChI=1S/C15H20N4O2/c1-10-5-6-13(7-11(10)2)12(3)17-14(20)8-19-9-16-18(4)15(19)21/h5-7,9,12H,8H2,1-4H3,(H,17,20)/t12-/m1/s1. The van der Waals surface area contributed by atoms with E-state index < -0.39 is 0 Å². The SMILES string of the molecule is Cc1ccc([C@@H](C)NC(=O)Cn2cnn(C)c2=O)cc1C. The molecule has 1 N–H and O–H groups in total. The van der Waals surface area contributed by atoms with Crippen molar-refractivity contribution in [1.29, 1.82) is 0 Å². The summed E-state index contributed by atoms with van der Waals surface area (Å²) in [6.45, 7) is 6.00. The Hall–Kier alpha value is -2.37. The molecule has 21 heavy (non-hydrogen) atoms. The molecule has 112 valence electrons. The summed E-state index contributed by atoms with van der Waals surface area (Å²) in [5, 5.41) is 6.71. The first kappa shape index (κ1) is 15.0. The van der Waals surface area contributed by atoms with Crippen LogP contribution in [0.15, 0.2) is 29.3 Å². The van der Waals surface area contributed by atoms with Crippen molar-refractivity contribution < 1.29 is 4.79 Å². The van der Waals surface area contributed by atoms with Gasteiger partial charge in [-0.15, -0.1) is 0 Å². The lowest BCUT2D eigenvalue weighted by molar-refractivity contribution is -0.122. The molecule has 1 aromatic carbocycles. The van der Waals surface area contributed by atoms with E-state index in [1.165, 1.54) is 26.7 Å². The molecular weight excluding hydrogens is 268 g/mol. The van der Waals surface area contributed by atoms with Crippen molar-refractivity contribution in [2.75, 3.05) is 0 Å². The molecule has 1 amide bonds. The van der Waals surface area contributed by atoms with Gasteiger partial charge in [-0.2, -0.15) is 5.10 Å². The molecule has 0 unspecified atom stereocenters. The Bertz CT molecular complexity index is 715. The van der Waals surface area contributed by atoms with Crippen LogP contribution in [-0.4, -0.2) is 20.3 Å². The first-order valence-electron chi connectivity index (χ1n) is 6.83. The van der Waals surface area contributed by atoms with Gasteiger partial charge in [0.25, 0.3) is 0 Å². The van der Waals surface area contributed by atoms with Crippen molar-refractivity contribution in [1.82, 2.24) is 19.7 Å². The summed E-state index contributed by atoms with van der Waals surface area (Å²) in [6.07, 6.45) is 1.36. The molecule has 0 radical (unpaired) electrons. The zero-order chi connectivity index (χ0) is 15.6. The zero-order valence-electron chi connectivity index (χ0n) is 12.8. The van der Waals surface area contributed by atoms with E-state index in [1.807, 2.05) is 26.0 Å². The lowest BCUT2D eigenvalue weighted by atomic mass is 10.0. The fraction of sp³-hybridized carbons (Fsp3) is 0.400. The molecule has 1 heterocycles. The third kappa shape index (κ3) is 3.39. The number of amides is 1. The van der Waals surface area contributed by atoms with Crippen molar-refractivity contribution in [2.45, 2.75) is 33.4 Å². The lowest BCUT2D eigenvalue weighted by Gasteiger charge is -2.15. The van der Waals surface area contributed by atoms with Gasteiger partial charge in [-0.1, -0.05) is 18.2 Å². The number of hydrogen-bond acceptors (Lipinski definition) is 3. The molecule has 6 heteroatoms. The Morgan fingerprint density at radius 3 is 2.62 bits per heavy atom. The van der Waals surface area contributed by atoms with E-state index >= 15 is 0 Å². The minimum Gasteiger partial charge on any atom is -0.348 e. The van der Waals surface area contributed by atoms with Crippen LogP contribution in [0.2, 0.25) is 0 Å². The van der Waals surface area contributed by atoms with Crippen LogP contribution in [0.3, 0.4) is 0 Å². The van der Waals surface area contributed by atoms with E-state index in [-0.39, 0.29) is 24.2 Å². The predicted molar refractivity (Wildman–Crippen MR) is 79.9 cm³/mol. The second kappa shape index (κ2) is 5.95. The van der Waals surface area contributed by atoms with Gasteiger partial charge in [0.1, 0.15) is 12.9 Å². The molecule has 0 bridgehead atoms. The first-order valence-corrected chi connectivity index (χ1v) is 6.83. The number of nitrogens with one attached hydrogen (secondary N) is 1. The number of hydrogen-bond donors (Lipinski definition) is 1. The molecule has 0 aliphatic heterocycles. The molecule has 0 saturated heterocycles. The van der Waals surface area contributed by atoms with E-state index in [9.17, 15) is 9.59 Å². The van der Waals surface area contributed by atoms with E-state index in [0.717, 1.165) is 5.56 Å². The fourth-order valence-corrected chi connectivity index (χ4v) is 2.09. The molecule has 1 aromatic heterocycles. The van der Waals surface area contributed by atoms with Gasteiger partial charge < -0.3 is 5.32 Å². The molecular formula is C15H20N4O2. The highest BCUT2D eigenvalue weighted by Crippen LogP contribution is 2.16. The van der Waals surface area contributed by atoms with Crippen LogP contribution in [-0.2, 0) is 18.4 Å². The number of nitrogens with zero attached hydrogens (tertiary/aromatic N) is 3. The molecule has 2 aromatic rings. The minimum atomic E-state index is -0.302. The number of carbonyl (C=O) groups excluding carboxylic acids is 1. The van der Waals surface area contributed by atoms with Gasteiger partial charge >= 0.3 is 5.69 Å². The summed E-state index contributed by atoms with van der Waals surface area (Å²) >= 11 is 0. The Morgan fingerprint density at radius 1 is 1.33 bits per heavy atom. The maximum absolute atomic E-state index is 12.0. The zero-order valence-corrected chi connectivity index (χ0v) is 12.8. The Kier molecular flexibility index (Phi) is 4.26. The molecule has 2 rings (SSSR count). The molecule has 0 saturated carbocycles. The third-order valence-corrected chi connectivity index (χ3v) is 3.61. The topological polar surface area (TPSA) is 68.9 Å². The third-order valence-electron chi connectivity index (χ3n) is 3.61. The summed E-state index contributed by atoms with van der Waals surface area (Å²) in [5.74, 6) is -0.212. The largest absolute Gasteiger partial charge is 0.348 e. The first-order chi connectivity index (χ1) is 9.88. The number of benzene rings is 1. The molecule has 0 aliphatic carbocycles. The predicted octanol–water partition coefficient (Wildman–Crippen LogP) is 1.08. The van der Waals surface area contributed by atoms with Crippen molar-refractivity contribution in [3.63, 3.8) is 0 Å². The van der Waals surface area contributed by atoms with Crippen LogP contribution in [0, 0.1) is 13.8 Å². The maximum Gasteiger partial charge on any atom is 0.345 e. The number of rotatable bonds is 4. The van der Waals surface area contributed by atoms with Crippen molar-refractivity contribution >= 4 is 5.91 Å². The number of aromatic nitrogens is 3. The van der Waals surface area contributed by atoms with E-state index in [4.69, 9.17) is 0 Å². The minimum absolute atomic E-state index is 0.0259. The average molecular weight is 288 g/mol. The average Bonchev–Trinajstić information content (AvgIpc) is 2.73. The van der Waals surface area contributed by atoms with Gasteiger partial charge in [0, 0.05) is 7.05 Å². The van der Waals surface area contributed by atoms with E-state index in [0.29, 0.717) is 0 Å². The van der Waals surface area contributed by atoms with E-state index in [1.54, 1.807) is 7.05 Å². The van der Waals surface area contributed by atoms with Gasteiger partial charge in [-0.3, -0.25) is 9.36 Å². The van der Waals surface area contributed by atoms with Crippen LogP contribution in [0.25, 0.3) is 0 Å². The van der Waals surface area contributed by atoms with Crippen LogP contribution in [0.1, 0.15) is 29.7 Å². The van der Waals surface area contributed by atoms with E-state index in [2.05, 4.69) is 23.4 Å². The van der Waals surface area contributed by atoms with Crippen LogP contribution >= 0.6 is 0 Å². The highest BCUT2D eigenvalue weighted by atomic mass is 16.2. The second-order valence-corrected chi connectivity index (χ2v) is 5.30. The van der Waals surface area contributed by atoms with Crippen LogP contribution in [0.4, 0.5) is 0 Å². The van der Waals surface area contributed by atoms with Gasteiger partial charge in [0.2, 0.25) is 5.91 Å². The highest BCUT2D eigenvalue weighted by molar-refractivity contribution is 5.76. The fourth-order valence-electron chi connectivity index (χ4n) is 2.09. The van der Waals surface area contributed by atoms with Gasteiger partial charge in [-0.25, -0.2) is 9.48 Å². The molecule has 6 nitrogen and oxygen atoms in total. The number of aryl methyl sites for hydroxylation is 3. The molecule has 0 fully saturated rings. The summed E-state index contributed by atoms with van der Waals surface area (Å²) < 4.78 is 2.47. The normalized spacial score (nSPS) is 12.2. The monoisotopic (exact) mass is 288 g/mol. The van der Waals surface area contributed by atoms with Crippen molar-refractivity contribution in [3.05, 3.63) is 51.7 Å². The van der Waals surface area contributed by atoms with Gasteiger partial charge in [0.15, 0.2) is 0 Å². The second-order valence-electron chi connectivity index (χ2n) is 5.30.